The topological polar surface area (TPSA) is 117 Å². The van der Waals surface area contributed by atoms with Crippen LogP contribution in [-0.4, -0.2) is 37.7 Å². The number of unbranched alkanes of at least 4 members (excludes halogenated alkanes) is 4. The van der Waals surface area contributed by atoms with Crippen molar-refractivity contribution < 1.29 is 37.0 Å². The van der Waals surface area contributed by atoms with E-state index in [0.29, 0.717) is 34.8 Å². The predicted octanol–water partition coefficient (Wildman–Crippen LogP) is 13.4. The van der Waals surface area contributed by atoms with Crippen molar-refractivity contribution in [1.29, 1.82) is 0 Å². The van der Waals surface area contributed by atoms with E-state index in [-0.39, 0.29) is 37.7 Å². The number of phosphoric ester groups is 2. The van der Waals surface area contributed by atoms with Gasteiger partial charge < -0.3 is 27.9 Å². The van der Waals surface area contributed by atoms with Gasteiger partial charge in [-0.05, 0) is 172 Å². The average Bonchev–Trinajstić information content (AvgIpc) is 3.49. The third-order valence-electron chi connectivity index (χ3n) is 12.4. The van der Waals surface area contributed by atoms with Crippen LogP contribution in [0, 0.1) is 39.5 Å². The van der Waals surface area contributed by atoms with Gasteiger partial charge in [0, 0.05) is 0 Å². The summed E-state index contributed by atoms with van der Waals surface area (Å²) in [6.07, 6.45) is 19.6. The fourth-order valence-electron chi connectivity index (χ4n) is 9.22. The van der Waals surface area contributed by atoms with Crippen molar-refractivity contribution in [1.82, 2.24) is 0 Å². The maximum Gasteiger partial charge on any atom is 2.00 e. The van der Waals surface area contributed by atoms with Crippen LogP contribution in [0.15, 0.2) is 60.7 Å². The Morgan fingerprint density at radius 2 is 0.921 bits per heavy atom. The van der Waals surface area contributed by atoms with E-state index in [1.54, 1.807) is 12.1 Å². The van der Waals surface area contributed by atoms with Crippen molar-refractivity contribution in [3.8, 4) is 23.0 Å². The van der Waals surface area contributed by atoms with Crippen LogP contribution in [0.1, 0.15) is 160 Å². The Balaban J connectivity index is 0.000000272. The van der Waals surface area contributed by atoms with E-state index < -0.39 is 15.6 Å². The molecule has 4 atom stereocenters. The summed E-state index contributed by atoms with van der Waals surface area (Å²) in [6.45, 7) is 16.4. The van der Waals surface area contributed by atoms with Gasteiger partial charge in [-0.1, -0.05) is 128 Å². The molecule has 0 fully saturated rings. The summed E-state index contributed by atoms with van der Waals surface area (Å²) in [5.41, 5.74) is 10.2. The summed E-state index contributed by atoms with van der Waals surface area (Å²) in [5, 5.41) is 0. The first kappa shape index (κ1) is 53.3. The van der Waals surface area contributed by atoms with E-state index in [0.717, 1.165) is 97.6 Å². The molecule has 63 heavy (non-hydrogen) atoms. The first-order valence-corrected chi connectivity index (χ1v) is 26.4. The van der Waals surface area contributed by atoms with E-state index >= 15 is 0 Å². The van der Waals surface area contributed by atoms with E-state index in [1.165, 1.54) is 73.6 Å². The molecule has 0 saturated heterocycles. The number of hydrogen-bond donors (Lipinski definition) is 0. The Kier molecular flexibility index (Phi) is 21.7. The summed E-state index contributed by atoms with van der Waals surface area (Å²) in [4.78, 5) is 25.6. The van der Waals surface area contributed by atoms with Gasteiger partial charge in [0.15, 0.2) is 0 Å². The zero-order valence-electron chi connectivity index (χ0n) is 39.5. The number of benzene rings is 4. The Morgan fingerprint density at radius 1 is 0.524 bits per heavy atom. The van der Waals surface area contributed by atoms with E-state index in [2.05, 4.69) is 52.0 Å². The zero-order chi connectivity index (χ0) is 44.9. The summed E-state index contributed by atoms with van der Waals surface area (Å²) in [7, 11) is -9.11. The SMILES string of the molecule is CCCCCc1ccc(OP(=O)([O-])Oc2c(C)cc3cc2CCC(CCC)C3)c(C)c1.CCCCCc1ccc(OP(=O)([O-])Oc2c(C)cc3cc2CCC(CCC)C3)c(C)c1.[Ca+2]. The Bertz CT molecular complexity index is 2030. The standard InChI is InChI=1S/2C26H37O4P.Ca/c2*1-5-7-8-10-22-12-14-25(19(3)15-22)29-31(27,28)30-26-20(4)16-23-17-21(9-6-2)11-13-24(26)18-23;/h2*12,14-16,18,21H,5-11,13,17H2,1-4H3,(H,27,28);/q;;+2/p-2. The summed E-state index contributed by atoms with van der Waals surface area (Å²) >= 11 is 0. The molecule has 0 aliphatic heterocycles. The van der Waals surface area contributed by atoms with Crippen LogP contribution >= 0.6 is 15.6 Å². The van der Waals surface area contributed by atoms with Gasteiger partial charge in [-0.15, -0.1) is 0 Å². The van der Waals surface area contributed by atoms with Crippen LogP contribution in [0.2, 0.25) is 0 Å². The van der Waals surface area contributed by atoms with Gasteiger partial charge in [0.1, 0.15) is 23.0 Å². The van der Waals surface area contributed by atoms with Crippen molar-refractivity contribution in [2.75, 3.05) is 0 Å². The fraction of sp³-hybridized carbons (Fsp3) is 0.538. The molecule has 0 saturated carbocycles. The molecule has 8 nitrogen and oxygen atoms in total. The number of phosphoric acid groups is 2. The maximum atomic E-state index is 12.8. The molecule has 0 amide bonds. The van der Waals surface area contributed by atoms with Crippen molar-refractivity contribution >= 4 is 53.4 Å². The smallest absolute Gasteiger partial charge is 0.736 e. The largest absolute Gasteiger partial charge is 2.00 e. The Hall–Kier alpha value is -2.28. The Morgan fingerprint density at radius 3 is 1.27 bits per heavy atom. The summed E-state index contributed by atoms with van der Waals surface area (Å²) in [5.74, 6) is 2.83. The van der Waals surface area contributed by atoms with E-state index in [1.807, 2.05) is 52.0 Å². The fourth-order valence-corrected chi connectivity index (χ4v) is 11.2. The van der Waals surface area contributed by atoms with E-state index in [4.69, 9.17) is 18.1 Å². The normalized spacial score (nSPS) is 17.4. The zero-order valence-corrected chi connectivity index (χ0v) is 43.5. The minimum Gasteiger partial charge on any atom is -0.736 e. The molecule has 340 valence electrons. The molecule has 2 aliphatic carbocycles. The predicted molar refractivity (Wildman–Crippen MR) is 255 cm³/mol. The molecule has 0 heterocycles. The van der Waals surface area contributed by atoms with Crippen LogP contribution in [0.3, 0.4) is 0 Å². The maximum absolute atomic E-state index is 12.8. The molecule has 2 aliphatic rings. The molecular formula is C52H72CaO8P2. The second kappa shape index (κ2) is 25.6. The quantitative estimate of drug-likeness (QED) is 0.0489. The molecule has 4 unspecified atom stereocenters. The molecule has 0 N–H and O–H groups in total. The van der Waals surface area contributed by atoms with Crippen LogP contribution in [0.5, 0.6) is 23.0 Å². The van der Waals surface area contributed by atoms with Crippen molar-refractivity contribution in [3.05, 3.63) is 116 Å². The van der Waals surface area contributed by atoms with Crippen LogP contribution in [0.4, 0.5) is 0 Å². The average molecular weight is 927 g/mol. The number of hydrogen-bond acceptors (Lipinski definition) is 8. The second-order valence-electron chi connectivity index (χ2n) is 18.0. The summed E-state index contributed by atoms with van der Waals surface area (Å²) < 4.78 is 47.4. The summed E-state index contributed by atoms with van der Waals surface area (Å²) in [6, 6.07) is 19.7. The van der Waals surface area contributed by atoms with Crippen molar-refractivity contribution in [2.45, 2.75) is 171 Å². The van der Waals surface area contributed by atoms with Gasteiger partial charge in [0.25, 0.3) is 0 Å². The van der Waals surface area contributed by atoms with Gasteiger partial charge in [0.2, 0.25) is 0 Å². The minimum atomic E-state index is -4.55. The molecule has 4 aromatic carbocycles. The minimum absolute atomic E-state index is 0. The molecule has 0 radical (unpaired) electrons. The van der Waals surface area contributed by atoms with Gasteiger partial charge in [0.05, 0.1) is 0 Å². The molecular weight excluding hydrogens is 855 g/mol. The molecule has 0 aromatic heterocycles. The van der Waals surface area contributed by atoms with Crippen molar-refractivity contribution in [3.63, 3.8) is 0 Å². The molecule has 4 bridgehead atoms. The van der Waals surface area contributed by atoms with Crippen LogP contribution in [-0.2, 0) is 47.7 Å². The molecule has 6 rings (SSSR count). The monoisotopic (exact) mass is 926 g/mol. The Labute approximate surface area is 409 Å². The first-order chi connectivity index (χ1) is 29.6. The molecule has 11 heteroatoms. The third kappa shape index (κ3) is 16.5. The molecule has 4 aromatic rings. The van der Waals surface area contributed by atoms with Crippen LogP contribution in [0.25, 0.3) is 0 Å². The van der Waals surface area contributed by atoms with Gasteiger partial charge in [-0.3, -0.25) is 0 Å². The third-order valence-corrected chi connectivity index (χ3v) is 14.0. The number of aryl methyl sites for hydroxylation is 8. The first-order valence-electron chi connectivity index (χ1n) is 23.5. The second-order valence-corrected chi connectivity index (χ2v) is 20.5. The van der Waals surface area contributed by atoms with Gasteiger partial charge in [-0.2, -0.15) is 0 Å². The van der Waals surface area contributed by atoms with Crippen molar-refractivity contribution in [2.24, 2.45) is 11.8 Å². The van der Waals surface area contributed by atoms with Gasteiger partial charge in [-0.25, -0.2) is 9.13 Å². The number of fused-ring (bicyclic) bond motifs is 4. The number of rotatable bonds is 20. The van der Waals surface area contributed by atoms with Crippen LogP contribution < -0.4 is 27.9 Å². The van der Waals surface area contributed by atoms with Gasteiger partial charge >= 0.3 is 53.4 Å². The van der Waals surface area contributed by atoms with E-state index in [9.17, 15) is 18.9 Å². The molecule has 0 spiro atoms.